The van der Waals surface area contributed by atoms with E-state index in [9.17, 15) is 4.79 Å². The van der Waals surface area contributed by atoms with E-state index in [0.29, 0.717) is 13.0 Å². The van der Waals surface area contributed by atoms with Crippen molar-refractivity contribution in [3.8, 4) is 11.5 Å². The van der Waals surface area contributed by atoms with Crippen molar-refractivity contribution >= 4 is 5.97 Å². The Labute approximate surface area is 120 Å². The molecule has 20 heavy (non-hydrogen) atoms. The molecule has 0 saturated carbocycles. The molecule has 5 heteroatoms. The van der Waals surface area contributed by atoms with Gasteiger partial charge in [-0.2, -0.15) is 0 Å². The van der Waals surface area contributed by atoms with Crippen LogP contribution in [0.25, 0.3) is 0 Å². The van der Waals surface area contributed by atoms with E-state index in [1.165, 1.54) is 7.11 Å². The maximum atomic E-state index is 11.7. The number of methoxy groups -OCH3 is 2. The Morgan fingerprint density at radius 1 is 1.30 bits per heavy atom. The normalized spacial score (nSPS) is 13.4. The van der Waals surface area contributed by atoms with Crippen molar-refractivity contribution in [2.75, 3.05) is 27.9 Å². The Balaban J connectivity index is 2.42. The summed E-state index contributed by atoms with van der Waals surface area (Å²) in [6.07, 6.45) is 1.38. The maximum absolute atomic E-state index is 11.7. The molecule has 1 atom stereocenters. The van der Waals surface area contributed by atoms with Gasteiger partial charge in [0.15, 0.2) is 0 Å². The van der Waals surface area contributed by atoms with Crippen LogP contribution in [0.2, 0.25) is 0 Å². The van der Waals surface area contributed by atoms with E-state index in [4.69, 9.17) is 14.2 Å². The predicted molar refractivity (Wildman–Crippen MR) is 77.2 cm³/mol. The van der Waals surface area contributed by atoms with Crippen LogP contribution >= 0.6 is 0 Å². The number of benzene rings is 1. The number of esters is 1. The summed E-state index contributed by atoms with van der Waals surface area (Å²) in [6, 6.07) is 7.44. The molecule has 0 spiro atoms. The highest BCUT2D eigenvalue weighted by Crippen LogP contribution is 2.20. The second kappa shape index (κ2) is 7.75. The van der Waals surface area contributed by atoms with E-state index in [2.05, 4.69) is 5.32 Å². The average Bonchev–Trinajstić information content (AvgIpc) is 2.50. The summed E-state index contributed by atoms with van der Waals surface area (Å²) in [5.74, 6) is 1.26. The predicted octanol–water partition coefficient (Wildman–Crippen LogP) is 2.01. The van der Waals surface area contributed by atoms with Crippen LogP contribution in [0.3, 0.4) is 0 Å². The number of hydrogen-bond acceptors (Lipinski definition) is 5. The molecular weight excluding hydrogens is 258 g/mol. The Kier molecular flexibility index (Phi) is 6.31. The van der Waals surface area contributed by atoms with Gasteiger partial charge in [-0.1, -0.05) is 6.07 Å². The van der Waals surface area contributed by atoms with Crippen LogP contribution in [0, 0.1) is 0 Å². The van der Waals surface area contributed by atoms with Gasteiger partial charge in [0.25, 0.3) is 0 Å². The first kappa shape index (κ1) is 16.3. The van der Waals surface area contributed by atoms with Gasteiger partial charge in [-0.3, -0.25) is 4.79 Å². The van der Waals surface area contributed by atoms with Gasteiger partial charge in [0.2, 0.25) is 0 Å². The molecule has 5 nitrogen and oxygen atoms in total. The lowest BCUT2D eigenvalue weighted by molar-refractivity contribution is -0.148. The number of carbonyl (C=O) groups is 1. The fraction of sp³-hybridized carbons (Fsp3) is 0.533. The van der Waals surface area contributed by atoms with Crippen LogP contribution in [0.4, 0.5) is 0 Å². The molecule has 1 rings (SSSR count). The molecule has 0 heterocycles. The summed E-state index contributed by atoms with van der Waals surface area (Å²) < 4.78 is 15.6. The van der Waals surface area contributed by atoms with Crippen LogP contribution < -0.4 is 14.8 Å². The zero-order valence-electron chi connectivity index (χ0n) is 12.6. The van der Waals surface area contributed by atoms with Crippen molar-refractivity contribution in [3.63, 3.8) is 0 Å². The molecule has 1 aromatic rings. The van der Waals surface area contributed by atoms with E-state index in [-0.39, 0.29) is 5.97 Å². The molecule has 0 radical (unpaired) electrons. The third kappa shape index (κ3) is 4.42. The summed E-state index contributed by atoms with van der Waals surface area (Å²) in [7, 11) is 4.76. The number of nitrogens with one attached hydrogen (secondary N) is 1. The third-order valence-corrected chi connectivity index (χ3v) is 3.32. The zero-order chi connectivity index (χ0) is 15.0. The maximum Gasteiger partial charge on any atom is 0.325 e. The number of rotatable bonds is 8. The molecule has 1 aromatic carbocycles. The lowest BCUT2D eigenvalue weighted by Gasteiger charge is -2.25. The lowest BCUT2D eigenvalue weighted by Crippen LogP contribution is -2.48. The second-order valence-electron chi connectivity index (χ2n) is 4.70. The first-order valence-electron chi connectivity index (χ1n) is 6.60. The number of carbonyl (C=O) groups excluding carboxylic acids is 1. The molecule has 0 amide bonds. The Bertz CT molecular complexity index is 436. The van der Waals surface area contributed by atoms with Gasteiger partial charge in [-0.15, -0.1) is 0 Å². The SMILES string of the molecule is CNC(C)(CCCOc1cccc(OC)c1)C(=O)OC. The van der Waals surface area contributed by atoms with Crippen LogP contribution in [0.15, 0.2) is 24.3 Å². The minimum absolute atomic E-state index is 0.263. The van der Waals surface area contributed by atoms with E-state index >= 15 is 0 Å². The van der Waals surface area contributed by atoms with Crippen molar-refractivity contribution in [2.24, 2.45) is 0 Å². The smallest absolute Gasteiger partial charge is 0.325 e. The highest BCUT2D eigenvalue weighted by Gasteiger charge is 2.31. The lowest BCUT2D eigenvalue weighted by atomic mass is 9.96. The van der Waals surface area contributed by atoms with Crippen LogP contribution in [-0.2, 0) is 9.53 Å². The highest BCUT2D eigenvalue weighted by molar-refractivity contribution is 5.80. The monoisotopic (exact) mass is 281 g/mol. The molecule has 0 aliphatic carbocycles. The summed E-state index contributed by atoms with van der Waals surface area (Å²) in [5.41, 5.74) is -0.674. The second-order valence-corrected chi connectivity index (χ2v) is 4.70. The summed E-state index contributed by atoms with van der Waals surface area (Å²) in [4.78, 5) is 11.7. The zero-order valence-corrected chi connectivity index (χ0v) is 12.6. The molecule has 0 aliphatic heterocycles. The molecule has 1 N–H and O–H groups in total. The molecule has 0 bridgehead atoms. The van der Waals surface area contributed by atoms with Crippen LogP contribution in [0.1, 0.15) is 19.8 Å². The van der Waals surface area contributed by atoms with Crippen molar-refractivity contribution in [2.45, 2.75) is 25.3 Å². The summed E-state index contributed by atoms with van der Waals surface area (Å²) in [6.45, 7) is 2.35. The van der Waals surface area contributed by atoms with Gasteiger partial charge in [0.05, 0.1) is 20.8 Å². The molecule has 0 aromatic heterocycles. The van der Waals surface area contributed by atoms with Crippen LogP contribution in [0.5, 0.6) is 11.5 Å². The third-order valence-electron chi connectivity index (χ3n) is 3.32. The standard InChI is InChI=1S/C15H23NO4/c1-15(16-2,14(17)19-4)9-6-10-20-13-8-5-7-12(11-13)18-3/h5,7-8,11,16H,6,9-10H2,1-4H3. The number of ether oxygens (including phenoxy) is 3. The van der Waals surface area contributed by atoms with Gasteiger partial charge < -0.3 is 19.5 Å². The van der Waals surface area contributed by atoms with Crippen LogP contribution in [-0.4, -0.2) is 39.4 Å². The van der Waals surface area contributed by atoms with E-state index in [1.807, 2.05) is 31.2 Å². The molecule has 112 valence electrons. The quantitative estimate of drug-likeness (QED) is 0.583. The van der Waals surface area contributed by atoms with Gasteiger partial charge in [0, 0.05) is 6.07 Å². The highest BCUT2D eigenvalue weighted by atomic mass is 16.5. The summed E-state index contributed by atoms with van der Waals surface area (Å²) in [5, 5.41) is 3.00. The first-order valence-corrected chi connectivity index (χ1v) is 6.60. The average molecular weight is 281 g/mol. The fourth-order valence-corrected chi connectivity index (χ4v) is 1.86. The van der Waals surface area contributed by atoms with E-state index in [1.54, 1.807) is 14.2 Å². The molecular formula is C15H23NO4. The van der Waals surface area contributed by atoms with Gasteiger partial charge in [0.1, 0.15) is 17.0 Å². The number of hydrogen-bond donors (Lipinski definition) is 1. The molecule has 0 saturated heterocycles. The first-order chi connectivity index (χ1) is 9.55. The topological polar surface area (TPSA) is 56.8 Å². The van der Waals surface area contributed by atoms with Gasteiger partial charge in [-0.05, 0) is 38.9 Å². The van der Waals surface area contributed by atoms with Crippen molar-refractivity contribution < 1.29 is 19.0 Å². The minimum atomic E-state index is -0.674. The van der Waals surface area contributed by atoms with E-state index in [0.717, 1.165) is 17.9 Å². The van der Waals surface area contributed by atoms with Crippen molar-refractivity contribution in [1.29, 1.82) is 0 Å². The van der Waals surface area contributed by atoms with E-state index < -0.39 is 5.54 Å². The Morgan fingerprint density at radius 2 is 2.00 bits per heavy atom. The molecule has 1 unspecified atom stereocenters. The Morgan fingerprint density at radius 3 is 2.60 bits per heavy atom. The molecule has 0 aliphatic rings. The van der Waals surface area contributed by atoms with Crippen molar-refractivity contribution in [1.82, 2.24) is 5.32 Å². The Hall–Kier alpha value is -1.75. The largest absolute Gasteiger partial charge is 0.497 e. The fourth-order valence-electron chi connectivity index (χ4n) is 1.86. The van der Waals surface area contributed by atoms with Crippen molar-refractivity contribution in [3.05, 3.63) is 24.3 Å². The van der Waals surface area contributed by atoms with Gasteiger partial charge >= 0.3 is 5.97 Å². The summed E-state index contributed by atoms with van der Waals surface area (Å²) >= 11 is 0. The minimum Gasteiger partial charge on any atom is -0.497 e. The molecule has 0 fully saturated rings. The van der Waals surface area contributed by atoms with Gasteiger partial charge in [-0.25, -0.2) is 0 Å². The number of likely N-dealkylation sites (N-methyl/N-ethyl adjacent to an activating group) is 1.